The van der Waals surface area contributed by atoms with Gasteiger partial charge in [-0.2, -0.15) is 26.3 Å². The maximum absolute atomic E-state index is 12.9. The van der Waals surface area contributed by atoms with E-state index in [0.717, 1.165) is 23.2 Å². The molecule has 17 heteroatoms. The number of carbonyl (C=O) groups is 2. The van der Waals surface area contributed by atoms with Crippen LogP contribution in [0.5, 0.6) is 5.75 Å². The van der Waals surface area contributed by atoms with Gasteiger partial charge in [0.15, 0.2) is 0 Å². The summed E-state index contributed by atoms with van der Waals surface area (Å²) < 4.78 is 96.4. The van der Waals surface area contributed by atoms with Crippen LogP contribution in [-0.4, -0.2) is 65.0 Å². The van der Waals surface area contributed by atoms with Gasteiger partial charge in [-0.05, 0) is 37.3 Å². The monoisotopic (exact) mass is 571 g/mol. The van der Waals surface area contributed by atoms with Gasteiger partial charge < -0.3 is 20.3 Å². The van der Waals surface area contributed by atoms with Crippen LogP contribution in [0.15, 0.2) is 53.8 Å². The Kier molecular flexibility index (Phi) is 9.33. The lowest BCUT2D eigenvalue weighted by Crippen LogP contribution is -2.21. The Morgan fingerprint density at radius 2 is 1.63 bits per heavy atom. The summed E-state index contributed by atoms with van der Waals surface area (Å²) in [4.78, 5) is 21.9. The molecule has 0 spiro atoms. The minimum atomic E-state index is -5.08. The second-order valence-electron chi connectivity index (χ2n) is 7.35. The summed E-state index contributed by atoms with van der Waals surface area (Å²) in [7, 11) is -3.68. The number of hydrogen-bond acceptors (Lipinski definition) is 7. The second kappa shape index (κ2) is 11.7. The number of nitrogens with one attached hydrogen (secondary N) is 1. The summed E-state index contributed by atoms with van der Waals surface area (Å²) in [5, 5.41) is 18.5. The van der Waals surface area contributed by atoms with E-state index in [1.807, 2.05) is 12.1 Å². The highest BCUT2D eigenvalue weighted by Crippen LogP contribution is 2.36. The molecule has 1 unspecified atom stereocenters. The van der Waals surface area contributed by atoms with Gasteiger partial charge in [0, 0.05) is 42.1 Å². The van der Waals surface area contributed by atoms with Gasteiger partial charge in [-0.15, -0.1) is 0 Å². The van der Waals surface area contributed by atoms with Gasteiger partial charge in [0.1, 0.15) is 17.3 Å². The molecule has 1 aliphatic heterocycles. The first kappa shape index (κ1) is 30.4. The van der Waals surface area contributed by atoms with Crippen molar-refractivity contribution in [1.82, 2.24) is 14.3 Å². The Bertz CT molecular complexity index is 1370. The molecular formula is C21H19F6N3O7S. The number of ether oxygens (including phenoxy) is 1. The van der Waals surface area contributed by atoms with Crippen molar-refractivity contribution < 1.29 is 59.3 Å². The summed E-state index contributed by atoms with van der Waals surface area (Å²) >= 11 is 0. The van der Waals surface area contributed by atoms with E-state index >= 15 is 0 Å². The Hall–Kier alpha value is -3.86. The molecule has 0 aliphatic carbocycles. The molecule has 3 aromatic rings. The van der Waals surface area contributed by atoms with Gasteiger partial charge in [0.05, 0.1) is 5.52 Å². The van der Waals surface area contributed by atoms with Crippen LogP contribution in [-0.2, 0) is 19.6 Å². The fourth-order valence-electron chi connectivity index (χ4n) is 3.13. The molecule has 0 fully saturated rings. The van der Waals surface area contributed by atoms with Crippen molar-refractivity contribution >= 4 is 32.9 Å². The SMILES string of the molecule is CC1NCCOc2ccc3c(ccn3S(=O)(=O)c3cccnc3)c21.O=C(O)C(F)(F)F.O=C(O)C(F)(F)F. The summed E-state index contributed by atoms with van der Waals surface area (Å²) in [6.07, 6.45) is -5.67. The van der Waals surface area contributed by atoms with Crippen LogP contribution in [0.2, 0.25) is 0 Å². The maximum atomic E-state index is 12.9. The quantitative estimate of drug-likeness (QED) is 0.393. The fraction of sp³-hybridized carbons (Fsp3) is 0.286. The Balaban J connectivity index is 0.000000301. The van der Waals surface area contributed by atoms with Crippen molar-refractivity contribution in [1.29, 1.82) is 0 Å². The predicted octanol–water partition coefficient (Wildman–Crippen LogP) is 3.58. The lowest BCUT2D eigenvalue weighted by Gasteiger charge is -2.14. The van der Waals surface area contributed by atoms with E-state index in [1.54, 1.807) is 30.6 Å². The number of nitrogens with zero attached hydrogens (tertiary/aromatic N) is 2. The summed E-state index contributed by atoms with van der Waals surface area (Å²) in [5.41, 5.74) is 1.63. The normalized spacial score (nSPS) is 15.5. The topological polar surface area (TPSA) is 148 Å². The number of aromatic nitrogens is 2. The summed E-state index contributed by atoms with van der Waals surface area (Å²) in [5.74, 6) is -4.71. The minimum Gasteiger partial charge on any atom is -0.492 e. The Morgan fingerprint density at radius 1 is 1.05 bits per heavy atom. The van der Waals surface area contributed by atoms with Gasteiger partial charge in [0.2, 0.25) is 0 Å². The highest BCUT2D eigenvalue weighted by molar-refractivity contribution is 7.90. The summed E-state index contributed by atoms with van der Waals surface area (Å²) in [6, 6.07) is 8.71. The Labute approximate surface area is 210 Å². The van der Waals surface area contributed by atoms with Crippen molar-refractivity contribution in [2.45, 2.75) is 30.2 Å². The molecule has 38 heavy (non-hydrogen) atoms. The number of halogens is 6. The van der Waals surface area contributed by atoms with Gasteiger partial charge in [-0.25, -0.2) is 22.0 Å². The van der Waals surface area contributed by atoms with Gasteiger partial charge >= 0.3 is 24.3 Å². The van der Waals surface area contributed by atoms with E-state index in [9.17, 15) is 34.8 Å². The standard InChI is InChI=1S/C17H17N3O3S.2C2HF3O2/c1-12-17-14-6-9-20(24(21,22)13-3-2-7-18-11-13)15(14)4-5-16(17)23-10-8-19-12;2*3-2(4,5)1(6)7/h2-7,9,11-12,19H,8,10H2,1H3;2*(H,6,7). The van der Waals surface area contributed by atoms with E-state index in [0.29, 0.717) is 12.1 Å². The van der Waals surface area contributed by atoms with Crippen LogP contribution in [0.3, 0.4) is 0 Å². The number of rotatable bonds is 2. The molecule has 0 radical (unpaired) electrons. The average molecular weight is 571 g/mol. The average Bonchev–Trinajstić information content (AvgIpc) is 3.17. The van der Waals surface area contributed by atoms with Crippen LogP contribution in [0.1, 0.15) is 18.5 Å². The van der Waals surface area contributed by atoms with Crippen LogP contribution in [0.25, 0.3) is 10.9 Å². The van der Waals surface area contributed by atoms with Crippen molar-refractivity contribution in [3.63, 3.8) is 0 Å². The smallest absolute Gasteiger partial charge is 0.490 e. The third-order valence-corrected chi connectivity index (χ3v) is 6.43. The number of carboxylic acid groups (broad SMARTS) is 2. The van der Waals surface area contributed by atoms with Crippen molar-refractivity contribution in [2.75, 3.05) is 13.2 Å². The van der Waals surface area contributed by atoms with E-state index in [4.69, 9.17) is 24.5 Å². The molecule has 3 N–H and O–H groups in total. The van der Waals surface area contributed by atoms with Gasteiger partial charge in [-0.3, -0.25) is 4.98 Å². The molecular weight excluding hydrogens is 552 g/mol. The largest absolute Gasteiger partial charge is 0.492 e. The zero-order valence-corrected chi connectivity index (χ0v) is 19.9. The molecule has 208 valence electrons. The number of aliphatic carboxylic acids is 2. The number of hydrogen-bond donors (Lipinski definition) is 3. The zero-order chi connectivity index (χ0) is 28.9. The maximum Gasteiger partial charge on any atom is 0.490 e. The molecule has 0 bridgehead atoms. The minimum absolute atomic E-state index is 0.0862. The third-order valence-electron chi connectivity index (χ3n) is 4.76. The van der Waals surface area contributed by atoms with E-state index < -0.39 is 34.3 Å². The first-order valence-corrected chi connectivity index (χ1v) is 11.7. The molecule has 10 nitrogen and oxygen atoms in total. The molecule has 0 saturated carbocycles. The van der Waals surface area contributed by atoms with Crippen molar-refractivity contribution in [3.05, 3.63) is 54.5 Å². The molecule has 0 saturated heterocycles. The van der Waals surface area contributed by atoms with Gasteiger partial charge in [-0.1, -0.05) is 0 Å². The number of alkyl halides is 6. The highest BCUT2D eigenvalue weighted by atomic mass is 32.2. The molecule has 0 amide bonds. The zero-order valence-electron chi connectivity index (χ0n) is 19.1. The van der Waals surface area contributed by atoms with Crippen molar-refractivity contribution in [2.24, 2.45) is 0 Å². The number of fused-ring (bicyclic) bond motifs is 3. The van der Waals surface area contributed by atoms with Crippen LogP contribution >= 0.6 is 0 Å². The second-order valence-corrected chi connectivity index (χ2v) is 9.16. The van der Waals surface area contributed by atoms with E-state index in [2.05, 4.69) is 17.2 Å². The van der Waals surface area contributed by atoms with E-state index in [1.165, 1.54) is 10.2 Å². The fourth-order valence-corrected chi connectivity index (χ4v) is 4.44. The molecule has 1 aromatic carbocycles. The first-order valence-electron chi connectivity index (χ1n) is 10.2. The molecule has 1 atom stereocenters. The van der Waals surface area contributed by atoms with Gasteiger partial charge in [0.25, 0.3) is 10.0 Å². The molecule has 3 heterocycles. The first-order chi connectivity index (χ1) is 17.5. The lowest BCUT2D eigenvalue weighted by atomic mass is 10.0. The van der Waals surface area contributed by atoms with Crippen LogP contribution in [0, 0.1) is 0 Å². The molecule has 4 rings (SSSR count). The Morgan fingerprint density at radius 3 is 2.13 bits per heavy atom. The third kappa shape index (κ3) is 7.34. The van der Waals surface area contributed by atoms with Crippen LogP contribution < -0.4 is 10.1 Å². The molecule has 2 aromatic heterocycles. The highest BCUT2D eigenvalue weighted by Gasteiger charge is 2.38. The predicted molar refractivity (Wildman–Crippen MR) is 118 cm³/mol. The summed E-state index contributed by atoms with van der Waals surface area (Å²) in [6.45, 7) is 3.41. The number of benzene rings is 1. The molecule has 1 aliphatic rings. The number of carboxylic acids is 2. The van der Waals surface area contributed by atoms with E-state index in [-0.39, 0.29) is 10.9 Å². The van der Waals surface area contributed by atoms with Crippen LogP contribution in [0.4, 0.5) is 26.3 Å². The lowest BCUT2D eigenvalue weighted by molar-refractivity contribution is -0.193. The van der Waals surface area contributed by atoms with Crippen molar-refractivity contribution in [3.8, 4) is 5.75 Å². The number of pyridine rings is 1.